The Bertz CT molecular complexity index is 540. The van der Waals surface area contributed by atoms with Crippen LogP contribution in [0.5, 0.6) is 0 Å². The van der Waals surface area contributed by atoms with Crippen molar-refractivity contribution in [1.29, 1.82) is 0 Å². The topological polar surface area (TPSA) is 46.3 Å². The van der Waals surface area contributed by atoms with Gasteiger partial charge in [0.1, 0.15) is 0 Å². The van der Waals surface area contributed by atoms with Crippen LogP contribution in [0.3, 0.4) is 0 Å². The predicted octanol–water partition coefficient (Wildman–Crippen LogP) is 2.81. The van der Waals surface area contributed by atoms with Gasteiger partial charge in [-0.25, -0.2) is 0 Å². The van der Waals surface area contributed by atoms with Gasteiger partial charge in [-0.2, -0.15) is 0 Å². The summed E-state index contributed by atoms with van der Waals surface area (Å²) in [7, 11) is 0. The van der Waals surface area contributed by atoms with E-state index < -0.39 is 0 Å². The molecule has 0 saturated carbocycles. The van der Waals surface area contributed by atoms with Crippen molar-refractivity contribution in [3.8, 4) is 11.8 Å². The zero-order chi connectivity index (χ0) is 15.8. The molecule has 0 radical (unpaired) electrons. The summed E-state index contributed by atoms with van der Waals surface area (Å²) >= 11 is 0. The maximum absolute atomic E-state index is 12.7. The monoisotopic (exact) mass is 286 g/mol. The lowest BCUT2D eigenvalue weighted by molar-refractivity contribution is 0.0740. The standard InChI is InChI=1S/C18H26N2O/c1-5-14(3)13-20(6-2)18(21)17-11-7-9-16(15(17)4)10-8-12-19/h7,9,11,14H,5-6,12-13,19H2,1-4H3. The first-order chi connectivity index (χ1) is 10.0. The van der Waals surface area contributed by atoms with E-state index in [4.69, 9.17) is 5.73 Å². The number of nitrogens with two attached hydrogens (primary N) is 1. The Hall–Kier alpha value is -1.79. The van der Waals surface area contributed by atoms with Crippen molar-refractivity contribution in [2.75, 3.05) is 19.6 Å². The van der Waals surface area contributed by atoms with Gasteiger partial charge in [0.15, 0.2) is 0 Å². The van der Waals surface area contributed by atoms with Gasteiger partial charge in [-0.15, -0.1) is 0 Å². The summed E-state index contributed by atoms with van der Waals surface area (Å²) in [5.74, 6) is 6.48. The first-order valence-corrected chi connectivity index (χ1v) is 7.62. The minimum Gasteiger partial charge on any atom is -0.339 e. The van der Waals surface area contributed by atoms with E-state index in [2.05, 4.69) is 25.7 Å². The fraction of sp³-hybridized carbons (Fsp3) is 0.500. The van der Waals surface area contributed by atoms with Crippen LogP contribution >= 0.6 is 0 Å². The minimum absolute atomic E-state index is 0.0895. The van der Waals surface area contributed by atoms with Gasteiger partial charge in [-0.05, 0) is 37.5 Å². The Morgan fingerprint density at radius 1 is 1.38 bits per heavy atom. The molecule has 0 aliphatic carbocycles. The zero-order valence-corrected chi connectivity index (χ0v) is 13.6. The number of carbonyl (C=O) groups is 1. The van der Waals surface area contributed by atoms with Gasteiger partial charge in [-0.1, -0.05) is 38.2 Å². The fourth-order valence-corrected chi connectivity index (χ4v) is 2.18. The molecule has 1 aromatic rings. The molecule has 1 unspecified atom stereocenters. The van der Waals surface area contributed by atoms with E-state index in [9.17, 15) is 4.79 Å². The molecule has 0 spiro atoms. The highest BCUT2D eigenvalue weighted by molar-refractivity contribution is 5.96. The molecular formula is C18H26N2O. The van der Waals surface area contributed by atoms with Crippen molar-refractivity contribution < 1.29 is 4.79 Å². The highest BCUT2D eigenvalue weighted by atomic mass is 16.2. The van der Waals surface area contributed by atoms with Gasteiger partial charge in [-0.3, -0.25) is 4.79 Å². The number of nitrogens with zero attached hydrogens (tertiary/aromatic N) is 1. The highest BCUT2D eigenvalue weighted by Crippen LogP contribution is 2.16. The molecule has 0 saturated heterocycles. The third kappa shape index (κ3) is 4.61. The van der Waals surface area contributed by atoms with Crippen molar-refractivity contribution in [3.05, 3.63) is 34.9 Å². The first kappa shape index (κ1) is 17.3. The lowest BCUT2D eigenvalue weighted by Crippen LogP contribution is -2.35. The van der Waals surface area contributed by atoms with E-state index in [0.29, 0.717) is 12.5 Å². The molecule has 0 fully saturated rings. The zero-order valence-electron chi connectivity index (χ0n) is 13.6. The summed E-state index contributed by atoms with van der Waals surface area (Å²) in [5.41, 5.74) is 7.97. The minimum atomic E-state index is 0.0895. The van der Waals surface area contributed by atoms with Gasteiger partial charge in [0.25, 0.3) is 5.91 Å². The summed E-state index contributed by atoms with van der Waals surface area (Å²) in [6.07, 6.45) is 1.07. The number of carbonyl (C=O) groups excluding carboxylic acids is 1. The molecule has 0 bridgehead atoms. The van der Waals surface area contributed by atoms with Crippen molar-refractivity contribution in [3.63, 3.8) is 0 Å². The lowest BCUT2D eigenvalue weighted by atomic mass is 10.0. The highest BCUT2D eigenvalue weighted by Gasteiger charge is 2.18. The van der Waals surface area contributed by atoms with E-state index >= 15 is 0 Å². The van der Waals surface area contributed by atoms with Crippen LogP contribution in [0.15, 0.2) is 18.2 Å². The summed E-state index contributed by atoms with van der Waals surface area (Å²) < 4.78 is 0. The van der Waals surface area contributed by atoms with E-state index in [-0.39, 0.29) is 5.91 Å². The summed E-state index contributed by atoms with van der Waals surface area (Å²) in [6.45, 7) is 10.1. The lowest BCUT2D eigenvalue weighted by Gasteiger charge is -2.25. The van der Waals surface area contributed by atoms with Crippen LogP contribution in [-0.4, -0.2) is 30.4 Å². The number of hydrogen-bond donors (Lipinski definition) is 1. The van der Waals surface area contributed by atoms with Crippen LogP contribution in [0.4, 0.5) is 0 Å². The Morgan fingerprint density at radius 2 is 2.10 bits per heavy atom. The van der Waals surface area contributed by atoms with Gasteiger partial charge in [0.2, 0.25) is 0 Å². The second kappa shape index (κ2) is 8.49. The Morgan fingerprint density at radius 3 is 2.67 bits per heavy atom. The molecule has 1 rings (SSSR count). The van der Waals surface area contributed by atoms with Crippen molar-refractivity contribution >= 4 is 5.91 Å². The van der Waals surface area contributed by atoms with Gasteiger partial charge < -0.3 is 10.6 Å². The molecule has 1 atom stereocenters. The molecule has 3 heteroatoms. The van der Waals surface area contributed by atoms with E-state index in [1.165, 1.54) is 0 Å². The molecular weight excluding hydrogens is 260 g/mol. The molecule has 0 aliphatic heterocycles. The van der Waals surface area contributed by atoms with Crippen LogP contribution in [-0.2, 0) is 0 Å². The third-order valence-corrected chi connectivity index (χ3v) is 3.79. The molecule has 2 N–H and O–H groups in total. The van der Waals surface area contributed by atoms with Crippen LogP contribution in [0.1, 0.15) is 48.7 Å². The molecule has 21 heavy (non-hydrogen) atoms. The second-order valence-electron chi connectivity index (χ2n) is 5.34. The van der Waals surface area contributed by atoms with Crippen LogP contribution < -0.4 is 5.73 Å². The van der Waals surface area contributed by atoms with E-state index in [1.54, 1.807) is 0 Å². The first-order valence-electron chi connectivity index (χ1n) is 7.62. The van der Waals surface area contributed by atoms with Gasteiger partial charge in [0, 0.05) is 24.2 Å². The number of hydrogen-bond acceptors (Lipinski definition) is 2. The molecule has 0 aromatic heterocycles. The normalized spacial score (nSPS) is 11.5. The SMILES string of the molecule is CCC(C)CN(CC)C(=O)c1cccc(C#CCN)c1C. The van der Waals surface area contributed by atoms with Crippen molar-refractivity contribution in [1.82, 2.24) is 4.90 Å². The predicted molar refractivity (Wildman–Crippen MR) is 88.1 cm³/mol. The molecule has 3 nitrogen and oxygen atoms in total. The maximum Gasteiger partial charge on any atom is 0.254 e. The Labute approximate surface area is 128 Å². The summed E-state index contributed by atoms with van der Waals surface area (Å²) in [6, 6.07) is 5.70. The fourth-order valence-electron chi connectivity index (χ4n) is 2.18. The van der Waals surface area contributed by atoms with Crippen LogP contribution in [0.25, 0.3) is 0 Å². The third-order valence-electron chi connectivity index (χ3n) is 3.79. The Kier molecular flexibility index (Phi) is 6.98. The molecule has 1 amide bonds. The average molecular weight is 286 g/mol. The van der Waals surface area contributed by atoms with E-state index in [1.807, 2.05) is 36.9 Å². The van der Waals surface area contributed by atoms with Gasteiger partial charge >= 0.3 is 0 Å². The van der Waals surface area contributed by atoms with E-state index in [0.717, 1.165) is 36.2 Å². The Balaban J connectivity index is 3.05. The maximum atomic E-state index is 12.7. The van der Waals surface area contributed by atoms with Crippen LogP contribution in [0.2, 0.25) is 0 Å². The largest absolute Gasteiger partial charge is 0.339 e. The molecule has 0 heterocycles. The average Bonchev–Trinajstić information content (AvgIpc) is 2.50. The number of amides is 1. The smallest absolute Gasteiger partial charge is 0.254 e. The summed E-state index contributed by atoms with van der Waals surface area (Å²) in [4.78, 5) is 14.6. The molecule has 1 aromatic carbocycles. The molecule has 0 aliphatic rings. The van der Waals surface area contributed by atoms with Gasteiger partial charge in [0.05, 0.1) is 6.54 Å². The van der Waals surface area contributed by atoms with Crippen molar-refractivity contribution in [2.24, 2.45) is 11.7 Å². The quantitative estimate of drug-likeness (QED) is 0.846. The number of rotatable bonds is 5. The summed E-state index contributed by atoms with van der Waals surface area (Å²) in [5, 5.41) is 0. The second-order valence-corrected chi connectivity index (χ2v) is 5.34. The van der Waals surface area contributed by atoms with Crippen LogP contribution in [0, 0.1) is 24.7 Å². The molecule has 114 valence electrons. The number of benzene rings is 1. The van der Waals surface area contributed by atoms with Crippen molar-refractivity contribution in [2.45, 2.75) is 34.1 Å².